The molecular formula is C17H26N4O5S. The maximum absolute atomic E-state index is 12.9. The van der Waals surface area contributed by atoms with Crippen molar-refractivity contribution in [3.8, 4) is 11.9 Å². The molecule has 3 rings (SSSR count). The summed E-state index contributed by atoms with van der Waals surface area (Å²) in [5.41, 5.74) is 0. The highest BCUT2D eigenvalue weighted by Crippen LogP contribution is 2.24. The fraction of sp³-hybridized carbons (Fsp3) is 0.706. The summed E-state index contributed by atoms with van der Waals surface area (Å²) in [6.07, 6.45) is 5.50. The molecule has 1 atom stereocenters. The Balaban J connectivity index is 1.55. The highest BCUT2D eigenvalue weighted by atomic mass is 32.2. The molecule has 0 N–H and O–H groups in total. The number of hydrogen-bond acceptors (Lipinski definition) is 7. The molecule has 0 radical (unpaired) electrons. The van der Waals surface area contributed by atoms with E-state index in [4.69, 9.17) is 9.47 Å². The molecule has 0 saturated carbocycles. The maximum atomic E-state index is 12.9. The first-order chi connectivity index (χ1) is 12.9. The molecule has 27 heavy (non-hydrogen) atoms. The molecule has 1 unspecified atom stereocenters. The molecule has 2 saturated heterocycles. The van der Waals surface area contributed by atoms with Crippen LogP contribution in [-0.4, -0.2) is 79.1 Å². The topological polar surface area (TPSA) is 102 Å². The van der Waals surface area contributed by atoms with E-state index in [9.17, 15) is 13.2 Å². The summed E-state index contributed by atoms with van der Waals surface area (Å²) in [6, 6.07) is 1.92. The van der Waals surface area contributed by atoms with Gasteiger partial charge in [-0.25, -0.2) is 17.7 Å². The van der Waals surface area contributed by atoms with Gasteiger partial charge >= 0.3 is 6.01 Å². The number of likely N-dealkylation sites (tertiary alicyclic amines) is 1. The number of methoxy groups -OCH3 is 1. The number of carbonyl (C=O) groups excluding carboxylic acids is 1. The van der Waals surface area contributed by atoms with Crippen LogP contribution in [0.15, 0.2) is 12.3 Å². The highest BCUT2D eigenvalue weighted by molar-refractivity contribution is 7.88. The van der Waals surface area contributed by atoms with Gasteiger partial charge in [0.25, 0.3) is 0 Å². The van der Waals surface area contributed by atoms with Crippen LogP contribution >= 0.6 is 0 Å². The van der Waals surface area contributed by atoms with Crippen LogP contribution in [-0.2, 0) is 14.8 Å². The molecule has 0 spiro atoms. The molecule has 2 fully saturated rings. The van der Waals surface area contributed by atoms with Crippen LogP contribution in [0.5, 0.6) is 11.9 Å². The predicted molar refractivity (Wildman–Crippen MR) is 98.0 cm³/mol. The molecule has 1 aromatic heterocycles. The molecule has 1 aromatic rings. The fourth-order valence-electron chi connectivity index (χ4n) is 3.59. The molecule has 9 nitrogen and oxygen atoms in total. The summed E-state index contributed by atoms with van der Waals surface area (Å²) in [7, 11) is -1.69. The minimum absolute atomic E-state index is 0.0942. The van der Waals surface area contributed by atoms with Gasteiger partial charge in [0.15, 0.2) is 0 Å². The van der Waals surface area contributed by atoms with E-state index in [1.165, 1.54) is 17.7 Å². The standard InChI is InChI=1S/C17H26N4O5S/c1-25-17-18-8-5-15(19-17)26-14-4-3-9-20(12-14)16(22)13-6-10-21(11-7-13)27(2,23)24/h5,8,13-14H,3-4,6-7,9-12H2,1-2H3. The Morgan fingerprint density at radius 1 is 1.22 bits per heavy atom. The summed E-state index contributed by atoms with van der Waals surface area (Å²) in [4.78, 5) is 22.8. The number of aromatic nitrogens is 2. The molecule has 2 aliphatic heterocycles. The normalized spacial score (nSPS) is 22.4. The molecule has 0 aliphatic carbocycles. The predicted octanol–water partition coefficient (Wildman–Crippen LogP) is 0.527. The van der Waals surface area contributed by atoms with Crippen molar-refractivity contribution in [2.45, 2.75) is 31.8 Å². The third-order valence-electron chi connectivity index (χ3n) is 5.04. The highest BCUT2D eigenvalue weighted by Gasteiger charge is 2.33. The fourth-order valence-corrected chi connectivity index (χ4v) is 4.46. The number of rotatable bonds is 5. The third kappa shape index (κ3) is 5.07. The van der Waals surface area contributed by atoms with Gasteiger partial charge < -0.3 is 14.4 Å². The Labute approximate surface area is 159 Å². The molecule has 0 bridgehead atoms. The van der Waals surface area contributed by atoms with Crippen LogP contribution < -0.4 is 9.47 Å². The van der Waals surface area contributed by atoms with Gasteiger partial charge in [-0.3, -0.25) is 4.79 Å². The molecule has 3 heterocycles. The molecule has 1 amide bonds. The lowest BCUT2D eigenvalue weighted by Crippen LogP contribution is -2.49. The van der Waals surface area contributed by atoms with Crippen molar-refractivity contribution in [2.24, 2.45) is 5.92 Å². The van der Waals surface area contributed by atoms with Crippen molar-refractivity contribution in [2.75, 3.05) is 39.5 Å². The Hall–Kier alpha value is -1.94. The van der Waals surface area contributed by atoms with Gasteiger partial charge in [0.2, 0.25) is 21.8 Å². The van der Waals surface area contributed by atoms with Crippen LogP contribution in [0.2, 0.25) is 0 Å². The number of hydrogen-bond donors (Lipinski definition) is 0. The van der Waals surface area contributed by atoms with Gasteiger partial charge in [0, 0.05) is 37.8 Å². The Morgan fingerprint density at radius 2 is 1.96 bits per heavy atom. The number of piperidine rings is 2. The zero-order chi connectivity index (χ0) is 19.4. The Bertz CT molecular complexity index is 764. The van der Waals surface area contributed by atoms with Gasteiger partial charge in [0.05, 0.1) is 19.9 Å². The van der Waals surface area contributed by atoms with Crippen LogP contribution in [0.4, 0.5) is 0 Å². The molecule has 10 heteroatoms. The van der Waals surface area contributed by atoms with Gasteiger partial charge in [-0.2, -0.15) is 4.98 Å². The zero-order valence-corrected chi connectivity index (χ0v) is 16.5. The van der Waals surface area contributed by atoms with E-state index in [0.29, 0.717) is 44.9 Å². The van der Waals surface area contributed by atoms with Crippen molar-refractivity contribution in [1.82, 2.24) is 19.2 Å². The van der Waals surface area contributed by atoms with E-state index in [1.54, 1.807) is 12.3 Å². The Morgan fingerprint density at radius 3 is 2.63 bits per heavy atom. The molecular weight excluding hydrogens is 372 g/mol. The van der Waals surface area contributed by atoms with E-state index >= 15 is 0 Å². The van der Waals surface area contributed by atoms with E-state index in [-0.39, 0.29) is 23.9 Å². The summed E-state index contributed by atoms with van der Waals surface area (Å²) in [5.74, 6) is 0.403. The summed E-state index contributed by atoms with van der Waals surface area (Å²) < 4.78 is 35.6. The lowest BCUT2D eigenvalue weighted by molar-refractivity contribution is -0.139. The minimum atomic E-state index is -3.18. The number of sulfonamides is 1. The van der Waals surface area contributed by atoms with Gasteiger partial charge in [-0.1, -0.05) is 0 Å². The van der Waals surface area contributed by atoms with E-state index in [0.717, 1.165) is 12.8 Å². The Kier molecular flexibility index (Phi) is 6.15. The van der Waals surface area contributed by atoms with E-state index in [2.05, 4.69) is 9.97 Å². The molecule has 2 aliphatic rings. The number of nitrogens with zero attached hydrogens (tertiary/aromatic N) is 4. The maximum Gasteiger partial charge on any atom is 0.319 e. The average molecular weight is 398 g/mol. The van der Waals surface area contributed by atoms with Crippen molar-refractivity contribution >= 4 is 15.9 Å². The van der Waals surface area contributed by atoms with Gasteiger partial charge in [0.1, 0.15) is 6.10 Å². The molecule has 0 aromatic carbocycles. The number of ether oxygens (including phenoxy) is 2. The van der Waals surface area contributed by atoms with Crippen molar-refractivity contribution in [3.05, 3.63) is 12.3 Å². The zero-order valence-electron chi connectivity index (χ0n) is 15.7. The van der Waals surface area contributed by atoms with Crippen LogP contribution in [0.3, 0.4) is 0 Å². The average Bonchev–Trinajstić information content (AvgIpc) is 2.67. The molecule has 150 valence electrons. The van der Waals surface area contributed by atoms with Crippen molar-refractivity contribution in [1.29, 1.82) is 0 Å². The van der Waals surface area contributed by atoms with Crippen LogP contribution in [0, 0.1) is 5.92 Å². The second-order valence-electron chi connectivity index (χ2n) is 6.98. The van der Waals surface area contributed by atoms with E-state index < -0.39 is 10.0 Å². The second kappa shape index (κ2) is 8.39. The van der Waals surface area contributed by atoms with Crippen molar-refractivity contribution < 1.29 is 22.7 Å². The lowest BCUT2D eigenvalue weighted by atomic mass is 9.95. The van der Waals surface area contributed by atoms with Gasteiger partial charge in [-0.05, 0) is 25.7 Å². The smallest absolute Gasteiger partial charge is 0.319 e. The quantitative estimate of drug-likeness (QED) is 0.713. The van der Waals surface area contributed by atoms with Gasteiger partial charge in [-0.15, -0.1) is 0 Å². The lowest BCUT2D eigenvalue weighted by Gasteiger charge is -2.37. The third-order valence-corrected chi connectivity index (χ3v) is 6.34. The summed E-state index contributed by atoms with van der Waals surface area (Å²) >= 11 is 0. The number of amides is 1. The van der Waals surface area contributed by atoms with Crippen LogP contribution in [0.25, 0.3) is 0 Å². The van der Waals surface area contributed by atoms with Crippen molar-refractivity contribution in [3.63, 3.8) is 0 Å². The SMILES string of the molecule is COc1nccc(OC2CCCN(C(=O)C3CCN(S(C)(=O)=O)CC3)C2)n1. The minimum Gasteiger partial charge on any atom is -0.472 e. The first kappa shape index (κ1) is 19.8. The van der Waals surface area contributed by atoms with Crippen LogP contribution in [0.1, 0.15) is 25.7 Å². The monoisotopic (exact) mass is 398 g/mol. The second-order valence-corrected chi connectivity index (χ2v) is 8.97. The first-order valence-electron chi connectivity index (χ1n) is 9.14. The van der Waals surface area contributed by atoms with E-state index in [1.807, 2.05) is 4.90 Å². The number of carbonyl (C=O) groups is 1. The largest absolute Gasteiger partial charge is 0.472 e. The summed E-state index contributed by atoms with van der Waals surface area (Å²) in [6.45, 7) is 2.03. The summed E-state index contributed by atoms with van der Waals surface area (Å²) in [5, 5.41) is 0. The first-order valence-corrected chi connectivity index (χ1v) is 11.0.